The van der Waals surface area contributed by atoms with Crippen LogP contribution < -0.4 is 11.3 Å². The predicted molar refractivity (Wildman–Crippen MR) is 80.3 cm³/mol. The summed E-state index contributed by atoms with van der Waals surface area (Å²) in [6.07, 6.45) is 6.21. The molecular weight excluding hydrogens is 252 g/mol. The van der Waals surface area contributed by atoms with Crippen LogP contribution in [0.25, 0.3) is 0 Å². The number of rotatable bonds is 6. The van der Waals surface area contributed by atoms with Crippen molar-refractivity contribution in [2.75, 3.05) is 19.3 Å². The van der Waals surface area contributed by atoms with Gasteiger partial charge in [-0.2, -0.15) is 0 Å². The molecule has 0 fully saturated rings. The maximum absolute atomic E-state index is 11.6. The van der Waals surface area contributed by atoms with E-state index in [1.165, 1.54) is 11.6 Å². The highest BCUT2D eigenvalue weighted by atomic mass is 16.1. The number of aryl methyl sites for hydroxylation is 1. The minimum absolute atomic E-state index is 0.00372. The Morgan fingerprint density at radius 3 is 2.75 bits per heavy atom. The summed E-state index contributed by atoms with van der Waals surface area (Å²) in [6.45, 7) is 2.49. The van der Waals surface area contributed by atoms with Crippen molar-refractivity contribution in [3.63, 3.8) is 0 Å². The van der Waals surface area contributed by atoms with Crippen LogP contribution in [0.5, 0.6) is 0 Å². The quantitative estimate of drug-likeness (QED) is 0.862. The van der Waals surface area contributed by atoms with Gasteiger partial charge < -0.3 is 15.2 Å². The van der Waals surface area contributed by atoms with E-state index >= 15 is 0 Å². The average Bonchev–Trinajstić information content (AvgIpc) is 2.44. The van der Waals surface area contributed by atoms with Crippen LogP contribution in [-0.4, -0.2) is 28.0 Å². The largest absolute Gasteiger partial charge is 0.398 e. The van der Waals surface area contributed by atoms with Gasteiger partial charge in [0.25, 0.3) is 5.56 Å². The number of hydrogen-bond donors (Lipinski definition) is 1. The van der Waals surface area contributed by atoms with Crippen LogP contribution in [-0.2, 0) is 13.1 Å². The van der Waals surface area contributed by atoms with E-state index in [9.17, 15) is 4.79 Å². The zero-order chi connectivity index (χ0) is 14.4. The molecule has 2 heterocycles. The van der Waals surface area contributed by atoms with Crippen LogP contribution in [0.2, 0.25) is 0 Å². The van der Waals surface area contributed by atoms with E-state index < -0.39 is 0 Å². The van der Waals surface area contributed by atoms with Gasteiger partial charge in [0, 0.05) is 43.4 Å². The van der Waals surface area contributed by atoms with E-state index in [2.05, 4.69) is 16.9 Å². The fourth-order valence-electron chi connectivity index (χ4n) is 2.11. The maximum atomic E-state index is 11.6. The third-order valence-electron chi connectivity index (χ3n) is 3.15. The highest BCUT2D eigenvalue weighted by Crippen LogP contribution is 2.02. The molecule has 0 saturated heterocycles. The number of nitrogens with two attached hydrogens (primary N) is 1. The van der Waals surface area contributed by atoms with Gasteiger partial charge in [-0.3, -0.25) is 9.78 Å². The first-order chi connectivity index (χ1) is 9.65. The standard InChI is InChI=1S/C15H20N4O/c1-18(11-13-5-7-17-8-6-13)9-2-10-19-12-14(16)3-4-15(19)20/h3-8,12H,2,9-11,16H2,1H3. The molecule has 0 amide bonds. The first-order valence-electron chi connectivity index (χ1n) is 6.68. The molecule has 0 radical (unpaired) electrons. The van der Waals surface area contributed by atoms with Crippen molar-refractivity contribution in [2.24, 2.45) is 0 Å². The van der Waals surface area contributed by atoms with Crippen LogP contribution in [0, 0.1) is 0 Å². The van der Waals surface area contributed by atoms with Gasteiger partial charge in [0.2, 0.25) is 0 Å². The molecule has 0 aliphatic rings. The molecule has 0 spiro atoms. The molecule has 0 bridgehead atoms. The van der Waals surface area contributed by atoms with E-state index in [0.717, 1.165) is 19.5 Å². The topological polar surface area (TPSA) is 64.2 Å². The second-order valence-electron chi connectivity index (χ2n) is 4.94. The summed E-state index contributed by atoms with van der Waals surface area (Å²) in [5, 5.41) is 0. The predicted octanol–water partition coefficient (Wildman–Crippen LogP) is 1.35. The molecule has 0 atom stereocenters. The summed E-state index contributed by atoms with van der Waals surface area (Å²) in [6, 6.07) is 7.17. The molecule has 5 heteroatoms. The second kappa shape index (κ2) is 6.86. The van der Waals surface area contributed by atoms with Crippen LogP contribution in [0.15, 0.2) is 47.7 Å². The normalized spacial score (nSPS) is 10.9. The van der Waals surface area contributed by atoms with E-state index in [0.29, 0.717) is 12.2 Å². The fourth-order valence-corrected chi connectivity index (χ4v) is 2.11. The first-order valence-corrected chi connectivity index (χ1v) is 6.68. The van der Waals surface area contributed by atoms with Crippen molar-refractivity contribution in [1.82, 2.24) is 14.5 Å². The molecule has 0 aliphatic heterocycles. The van der Waals surface area contributed by atoms with Gasteiger partial charge in [-0.25, -0.2) is 0 Å². The lowest BCUT2D eigenvalue weighted by atomic mass is 10.2. The van der Waals surface area contributed by atoms with Crippen molar-refractivity contribution < 1.29 is 0 Å². The Kier molecular flexibility index (Phi) is 4.90. The van der Waals surface area contributed by atoms with Crippen LogP contribution >= 0.6 is 0 Å². The molecule has 2 rings (SSSR count). The lowest BCUT2D eigenvalue weighted by molar-refractivity contribution is 0.313. The SMILES string of the molecule is CN(CCCn1cc(N)ccc1=O)Cc1ccncc1. The number of hydrogen-bond acceptors (Lipinski definition) is 4. The van der Waals surface area contributed by atoms with Crippen molar-refractivity contribution in [3.05, 3.63) is 58.8 Å². The average molecular weight is 272 g/mol. The lowest BCUT2D eigenvalue weighted by Crippen LogP contribution is -2.24. The second-order valence-corrected chi connectivity index (χ2v) is 4.94. The minimum Gasteiger partial charge on any atom is -0.398 e. The van der Waals surface area contributed by atoms with Gasteiger partial charge >= 0.3 is 0 Å². The van der Waals surface area contributed by atoms with E-state index in [-0.39, 0.29) is 5.56 Å². The number of anilines is 1. The molecule has 0 aliphatic carbocycles. The van der Waals surface area contributed by atoms with Gasteiger partial charge in [0.1, 0.15) is 0 Å². The summed E-state index contributed by atoms with van der Waals surface area (Å²) in [7, 11) is 2.07. The highest BCUT2D eigenvalue weighted by Gasteiger charge is 2.01. The van der Waals surface area contributed by atoms with E-state index in [4.69, 9.17) is 5.73 Å². The highest BCUT2D eigenvalue weighted by molar-refractivity contribution is 5.33. The molecule has 0 aromatic carbocycles. The number of pyridine rings is 2. The minimum atomic E-state index is -0.00372. The zero-order valence-electron chi connectivity index (χ0n) is 11.7. The first kappa shape index (κ1) is 14.3. The Hall–Kier alpha value is -2.14. The molecule has 0 unspecified atom stereocenters. The van der Waals surface area contributed by atoms with Gasteiger partial charge in [-0.15, -0.1) is 0 Å². The zero-order valence-corrected chi connectivity index (χ0v) is 11.7. The molecule has 2 aromatic heterocycles. The molecule has 2 N–H and O–H groups in total. The van der Waals surface area contributed by atoms with E-state index in [1.807, 2.05) is 12.1 Å². The van der Waals surface area contributed by atoms with E-state index in [1.54, 1.807) is 29.2 Å². The third kappa shape index (κ3) is 4.20. The third-order valence-corrected chi connectivity index (χ3v) is 3.15. The fraction of sp³-hybridized carbons (Fsp3) is 0.333. The Bertz CT molecular complexity index is 594. The monoisotopic (exact) mass is 272 g/mol. The Balaban J connectivity index is 1.81. The molecule has 5 nitrogen and oxygen atoms in total. The molecule has 106 valence electrons. The number of nitrogen functional groups attached to an aromatic ring is 1. The Morgan fingerprint density at radius 2 is 2.00 bits per heavy atom. The summed E-state index contributed by atoms with van der Waals surface area (Å²) in [4.78, 5) is 17.9. The van der Waals surface area contributed by atoms with Gasteiger partial charge in [-0.05, 0) is 43.8 Å². The Morgan fingerprint density at radius 1 is 1.25 bits per heavy atom. The summed E-state index contributed by atoms with van der Waals surface area (Å²) >= 11 is 0. The van der Waals surface area contributed by atoms with Crippen LogP contribution in [0.3, 0.4) is 0 Å². The van der Waals surface area contributed by atoms with Gasteiger partial charge in [-0.1, -0.05) is 0 Å². The summed E-state index contributed by atoms with van der Waals surface area (Å²) in [5.41, 5.74) is 7.54. The number of nitrogens with zero attached hydrogens (tertiary/aromatic N) is 3. The smallest absolute Gasteiger partial charge is 0.250 e. The van der Waals surface area contributed by atoms with Crippen molar-refractivity contribution in [2.45, 2.75) is 19.5 Å². The van der Waals surface area contributed by atoms with Crippen LogP contribution in [0.1, 0.15) is 12.0 Å². The molecule has 0 saturated carbocycles. The van der Waals surface area contributed by atoms with Gasteiger partial charge in [0.05, 0.1) is 0 Å². The van der Waals surface area contributed by atoms with Gasteiger partial charge in [0.15, 0.2) is 0 Å². The number of aromatic nitrogens is 2. The van der Waals surface area contributed by atoms with Crippen molar-refractivity contribution in [1.29, 1.82) is 0 Å². The summed E-state index contributed by atoms with van der Waals surface area (Å²) < 4.78 is 1.66. The van der Waals surface area contributed by atoms with Crippen molar-refractivity contribution >= 4 is 5.69 Å². The van der Waals surface area contributed by atoms with Crippen molar-refractivity contribution in [3.8, 4) is 0 Å². The lowest BCUT2D eigenvalue weighted by Gasteiger charge is -2.16. The maximum Gasteiger partial charge on any atom is 0.250 e. The molecular formula is C15H20N4O. The summed E-state index contributed by atoms with van der Waals surface area (Å²) in [5.74, 6) is 0. The molecule has 2 aromatic rings. The molecule has 20 heavy (non-hydrogen) atoms. The Labute approximate surface area is 118 Å². The van der Waals surface area contributed by atoms with Crippen LogP contribution in [0.4, 0.5) is 5.69 Å².